The van der Waals surface area contributed by atoms with E-state index in [1.165, 1.54) is 6.33 Å². The number of rotatable bonds is 6. The standard InChI is InChI=1S/C15H21N5O2/c1-11(19(2)9-14-16-10-17-20(14)3)15(21)18-12-6-5-7-13(8-12)22-4/h5-8,10-11H,9H2,1-4H3,(H,18,21). The number of amides is 1. The van der Waals surface area contributed by atoms with Gasteiger partial charge in [0.25, 0.3) is 0 Å². The topological polar surface area (TPSA) is 72.3 Å². The van der Waals surface area contributed by atoms with Gasteiger partial charge in [0.15, 0.2) is 0 Å². The molecule has 2 rings (SSSR count). The zero-order chi connectivity index (χ0) is 16.1. The number of anilines is 1. The fourth-order valence-corrected chi connectivity index (χ4v) is 1.97. The highest BCUT2D eigenvalue weighted by Gasteiger charge is 2.19. The van der Waals surface area contributed by atoms with E-state index in [2.05, 4.69) is 15.4 Å². The van der Waals surface area contributed by atoms with Crippen molar-refractivity contribution in [1.82, 2.24) is 19.7 Å². The molecule has 7 heteroatoms. The maximum absolute atomic E-state index is 12.3. The number of methoxy groups -OCH3 is 1. The highest BCUT2D eigenvalue weighted by molar-refractivity contribution is 5.94. The molecule has 1 aromatic carbocycles. The average Bonchev–Trinajstić information content (AvgIpc) is 2.91. The molecular weight excluding hydrogens is 282 g/mol. The Bertz CT molecular complexity index is 640. The molecule has 22 heavy (non-hydrogen) atoms. The molecule has 1 N–H and O–H groups in total. The first-order valence-corrected chi connectivity index (χ1v) is 6.99. The van der Waals surface area contributed by atoms with Gasteiger partial charge in [-0.2, -0.15) is 5.10 Å². The predicted molar refractivity (Wildman–Crippen MR) is 83.6 cm³/mol. The molecule has 1 amide bonds. The summed E-state index contributed by atoms with van der Waals surface area (Å²) in [5.74, 6) is 1.43. The first-order valence-electron chi connectivity index (χ1n) is 6.99. The van der Waals surface area contributed by atoms with Crippen LogP contribution in [0.15, 0.2) is 30.6 Å². The van der Waals surface area contributed by atoms with Crippen LogP contribution in [0.25, 0.3) is 0 Å². The molecule has 2 aromatic rings. The van der Waals surface area contributed by atoms with Crippen molar-refractivity contribution in [2.45, 2.75) is 19.5 Å². The van der Waals surface area contributed by atoms with Crippen molar-refractivity contribution >= 4 is 11.6 Å². The Balaban J connectivity index is 1.97. The maximum Gasteiger partial charge on any atom is 0.241 e. The molecule has 0 saturated carbocycles. The van der Waals surface area contributed by atoms with Gasteiger partial charge in [-0.1, -0.05) is 6.07 Å². The van der Waals surface area contributed by atoms with Crippen molar-refractivity contribution < 1.29 is 9.53 Å². The number of hydrogen-bond donors (Lipinski definition) is 1. The first kappa shape index (κ1) is 16.0. The largest absolute Gasteiger partial charge is 0.497 e. The fraction of sp³-hybridized carbons (Fsp3) is 0.400. The summed E-state index contributed by atoms with van der Waals surface area (Å²) in [6, 6.07) is 6.98. The molecular formula is C15H21N5O2. The van der Waals surface area contributed by atoms with Crippen molar-refractivity contribution in [2.24, 2.45) is 7.05 Å². The second kappa shape index (κ2) is 7.04. The summed E-state index contributed by atoms with van der Waals surface area (Å²) in [7, 11) is 5.31. The Morgan fingerprint density at radius 3 is 2.91 bits per heavy atom. The van der Waals surface area contributed by atoms with Crippen LogP contribution in [0.1, 0.15) is 12.7 Å². The maximum atomic E-state index is 12.3. The lowest BCUT2D eigenvalue weighted by Gasteiger charge is -2.23. The molecule has 1 heterocycles. The number of likely N-dealkylation sites (N-methyl/N-ethyl adjacent to an activating group) is 1. The number of carbonyl (C=O) groups excluding carboxylic acids is 1. The van der Waals surface area contributed by atoms with E-state index < -0.39 is 0 Å². The number of nitrogens with one attached hydrogen (secondary N) is 1. The van der Waals surface area contributed by atoms with Crippen molar-refractivity contribution in [2.75, 3.05) is 19.5 Å². The van der Waals surface area contributed by atoms with Crippen LogP contribution >= 0.6 is 0 Å². The highest BCUT2D eigenvalue weighted by atomic mass is 16.5. The van der Waals surface area contributed by atoms with Crippen LogP contribution in [0.4, 0.5) is 5.69 Å². The third-order valence-corrected chi connectivity index (χ3v) is 3.57. The summed E-state index contributed by atoms with van der Waals surface area (Å²) in [6.45, 7) is 2.40. The van der Waals surface area contributed by atoms with Crippen LogP contribution in [0.3, 0.4) is 0 Å². The summed E-state index contributed by atoms with van der Waals surface area (Å²) < 4.78 is 6.85. The average molecular weight is 303 g/mol. The Hall–Kier alpha value is -2.41. The van der Waals surface area contributed by atoms with Gasteiger partial charge in [-0.25, -0.2) is 4.98 Å². The Kier molecular flexibility index (Phi) is 5.11. The SMILES string of the molecule is COc1cccc(NC(=O)C(C)N(C)Cc2ncnn2C)c1. The summed E-state index contributed by atoms with van der Waals surface area (Å²) in [4.78, 5) is 18.4. The van der Waals surface area contributed by atoms with E-state index in [1.807, 2.05) is 44.1 Å². The van der Waals surface area contributed by atoms with Gasteiger partial charge in [0.2, 0.25) is 5.91 Å². The molecule has 0 aliphatic carbocycles. The van der Waals surface area contributed by atoms with Gasteiger partial charge >= 0.3 is 0 Å². The number of carbonyl (C=O) groups is 1. The number of hydrogen-bond acceptors (Lipinski definition) is 5. The minimum absolute atomic E-state index is 0.0853. The van der Waals surface area contributed by atoms with E-state index in [1.54, 1.807) is 17.9 Å². The van der Waals surface area contributed by atoms with Crippen molar-refractivity contribution in [3.8, 4) is 5.75 Å². The number of nitrogens with zero attached hydrogens (tertiary/aromatic N) is 4. The zero-order valence-electron chi connectivity index (χ0n) is 13.3. The Labute approximate surface area is 129 Å². The summed E-state index contributed by atoms with van der Waals surface area (Å²) in [6.07, 6.45) is 1.50. The van der Waals surface area contributed by atoms with E-state index in [-0.39, 0.29) is 11.9 Å². The lowest BCUT2D eigenvalue weighted by atomic mass is 10.2. The minimum atomic E-state index is -0.303. The van der Waals surface area contributed by atoms with E-state index in [0.717, 1.165) is 5.82 Å². The molecule has 0 saturated heterocycles. The summed E-state index contributed by atoms with van der Waals surface area (Å²) in [5, 5.41) is 6.91. The van der Waals surface area contributed by atoms with Crippen LogP contribution in [-0.4, -0.2) is 45.8 Å². The van der Waals surface area contributed by atoms with Crippen molar-refractivity contribution in [3.63, 3.8) is 0 Å². The second-order valence-electron chi connectivity index (χ2n) is 5.11. The number of ether oxygens (including phenoxy) is 1. The van der Waals surface area contributed by atoms with Gasteiger partial charge in [0.05, 0.1) is 19.7 Å². The summed E-state index contributed by atoms with van der Waals surface area (Å²) >= 11 is 0. The van der Waals surface area contributed by atoms with E-state index >= 15 is 0 Å². The van der Waals surface area contributed by atoms with Crippen LogP contribution < -0.4 is 10.1 Å². The molecule has 118 valence electrons. The van der Waals surface area contributed by atoms with Gasteiger partial charge in [0.1, 0.15) is 17.9 Å². The monoisotopic (exact) mass is 303 g/mol. The highest BCUT2D eigenvalue weighted by Crippen LogP contribution is 2.17. The number of aryl methyl sites for hydroxylation is 1. The first-order chi connectivity index (χ1) is 10.5. The van der Waals surface area contributed by atoms with Crippen LogP contribution in [0, 0.1) is 0 Å². The smallest absolute Gasteiger partial charge is 0.241 e. The van der Waals surface area contributed by atoms with Crippen molar-refractivity contribution in [1.29, 1.82) is 0 Å². The van der Waals surface area contributed by atoms with E-state index in [4.69, 9.17) is 4.74 Å². The molecule has 1 unspecified atom stereocenters. The van der Waals surface area contributed by atoms with Crippen LogP contribution in [0.2, 0.25) is 0 Å². The molecule has 0 radical (unpaired) electrons. The molecule has 0 spiro atoms. The molecule has 0 bridgehead atoms. The third-order valence-electron chi connectivity index (χ3n) is 3.57. The molecule has 1 aromatic heterocycles. The van der Waals surface area contributed by atoms with E-state index in [0.29, 0.717) is 18.0 Å². The van der Waals surface area contributed by atoms with Gasteiger partial charge in [0, 0.05) is 18.8 Å². The third kappa shape index (κ3) is 3.82. The van der Waals surface area contributed by atoms with Gasteiger partial charge in [-0.15, -0.1) is 0 Å². The molecule has 0 aliphatic heterocycles. The molecule has 7 nitrogen and oxygen atoms in total. The number of benzene rings is 1. The van der Waals surface area contributed by atoms with Crippen molar-refractivity contribution in [3.05, 3.63) is 36.4 Å². The van der Waals surface area contributed by atoms with E-state index in [9.17, 15) is 4.79 Å². The Morgan fingerprint density at radius 2 is 2.27 bits per heavy atom. The van der Waals surface area contributed by atoms with Gasteiger partial charge in [-0.05, 0) is 26.1 Å². The predicted octanol–water partition coefficient (Wildman–Crippen LogP) is 1.28. The van der Waals surface area contributed by atoms with Gasteiger partial charge < -0.3 is 10.1 Å². The molecule has 0 fully saturated rings. The second-order valence-corrected chi connectivity index (χ2v) is 5.11. The number of aromatic nitrogens is 3. The zero-order valence-corrected chi connectivity index (χ0v) is 13.3. The lowest BCUT2D eigenvalue weighted by molar-refractivity contribution is -0.120. The van der Waals surface area contributed by atoms with Gasteiger partial charge in [-0.3, -0.25) is 14.4 Å². The summed E-state index contributed by atoms with van der Waals surface area (Å²) in [5.41, 5.74) is 0.711. The van der Waals surface area contributed by atoms with Crippen LogP contribution in [-0.2, 0) is 18.4 Å². The lowest BCUT2D eigenvalue weighted by Crippen LogP contribution is -2.39. The van der Waals surface area contributed by atoms with Crippen LogP contribution in [0.5, 0.6) is 5.75 Å². The molecule has 1 atom stereocenters. The normalized spacial score (nSPS) is 12.2. The fourth-order valence-electron chi connectivity index (χ4n) is 1.97. The quantitative estimate of drug-likeness (QED) is 0.870. The Morgan fingerprint density at radius 1 is 1.50 bits per heavy atom. The molecule has 0 aliphatic rings. The minimum Gasteiger partial charge on any atom is -0.497 e.